The molecule has 0 aliphatic heterocycles. The highest BCUT2D eigenvalue weighted by molar-refractivity contribution is 6.16. The fraction of sp³-hybridized carbons (Fsp3) is 0. The molecule has 0 saturated carbocycles. The molecule has 10 rings (SSSR count). The van der Waals surface area contributed by atoms with Crippen LogP contribution in [0.2, 0.25) is 0 Å². The third-order valence-electron chi connectivity index (χ3n) is 9.03. The van der Waals surface area contributed by atoms with E-state index in [-0.39, 0.29) is 17.6 Å². The maximum atomic E-state index is 8.89. The summed E-state index contributed by atoms with van der Waals surface area (Å²) >= 11 is 0. The summed E-state index contributed by atoms with van der Waals surface area (Å²) < 4.78 is 56.0. The average molecular weight is 647 g/mol. The summed E-state index contributed by atoms with van der Waals surface area (Å²) in [4.78, 5) is 15.2. The standard InChI is InChI=1S/C45H27N3O2/c1-4-14-28(15-5-1)31-26-36(29-16-6-2-7-17-29)42-37(27-31)40-34(22-13-25-39(40)50-42)44-46-43(30-18-8-3-9-19-30)47-45(48-44)35-23-12-21-33-32-20-10-11-24-38(32)49-41(33)35/h1-27H/i2D,6D,7D,16D,17D. The minimum absolute atomic E-state index is 0.0575. The fourth-order valence-corrected chi connectivity index (χ4v) is 6.74. The predicted molar refractivity (Wildman–Crippen MR) is 202 cm³/mol. The van der Waals surface area contributed by atoms with Crippen molar-refractivity contribution in [1.82, 2.24) is 15.0 Å². The van der Waals surface area contributed by atoms with Crippen molar-refractivity contribution in [3.63, 3.8) is 0 Å². The number of aromatic nitrogens is 3. The van der Waals surface area contributed by atoms with Gasteiger partial charge >= 0.3 is 0 Å². The Labute approximate surface area is 294 Å². The van der Waals surface area contributed by atoms with Crippen molar-refractivity contribution >= 4 is 43.9 Å². The molecule has 0 aliphatic rings. The maximum absolute atomic E-state index is 8.89. The van der Waals surface area contributed by atoms with Gasteiger partial charge in [0, 0.05) is 38.2 Å². The van der Waals surface area contributed by atoms with E-state index in [1.807, 2.05) is 133 Å². The summed E-state index contributed by atoms with van der Waals surface area (Å²) in [6.45, 7) is 0. The van der Waals surface area contributed by atoms with E-state index < -0.39 is 18.1 Å². The van der Waals surface area contributed by atoms with Gasteiger partial charge in [-0.15, -0.1) is 0 Å². The number of furan rings is 2. The zero-order chi connectivity index (χ0) is 37.4. The molecular formula is C45H27N3O2. The van der Waals surface area contributed by atoms with Gasteiger partial charge in [0.1, 0.15) is 22.3 Å². The molecule has 0 radical (unpaired) electrons. The smallest absolute Gasteiger partial charge is 0.167 e. The lowest BCUT2D eigenvalue weighted by atomic mass is 9.95. The van der Waals surface area contributed by atoms with Gasteiger partial charge in [0.25, 0.3) is 0 Å². The van der Waals surface area contributed by atoms with Crippen LogP contribution in [0, 0.1) is 0 Å². The second kappa shape index (κ2) is 11.4. The Hall–Kier alpha value is -6.85. The molecule has 3 aromatic heterocycles. The van der Waals surface area contributed by atoms with Gasteiger partial charge in [-0.05, 0) is 47.0 Å². The third kappa shape index (κ3) is 4.60. The highest BCUT2D eigenvalue weighted by Crippen LogP contribution is 2.43. The van der Waals surface area contributed by atoms with E-state index in [0.717, 1.165) is 33.0 Å². The lowest BCUT2D eigenvalue weighted by Crippen LogP contribution is -2.00. The van der Waals surface area contributed by atoms with Crippen LogP contribution < -0.4 is 0 Å². The lowest BCUT2D eigenvalue weighted by Gasteiger charge is -2.10. The zero-order valence-corrected chi connectivity index (χ0v) is 26.4. The largest absolute Gasteiger partial charge is 0.455 e. The van der Waals surface area contributed by atoms with Crippen LogP contribution >= 0.6 is 0 Å². The number of nitrogens with zero attached hydrogens (tertiary/aromatic N) is 3. The molecule has 0 fully saturated rings. The van der Waals surface area contributed by atoms with Gasteiger partial charge in [0.05, 0.1) is 12.4 Å². The Balaban J connectivity index is 1.29. The zero-order valence-electron chi connectivity index (χ0n) is 31.4. The van der Waals surface area contributed by atoms with Gasteiger partial charge in [0.2, 0.25) is 0 Å². The fourth-order valence-electron chi connectivity index (χ4n) is 6.74. The van der Waals surface area contributed by atoms with E-state index in [0.29, 0.717) is 61.7 Å². The molecule has 0 N–H and O–H groups in total. The van der Waals surface area contributed by atoms with Crippen LogP contribution in [0.4, 0.5) is 0 Å². The summed E-state index contributed by atoms with van der Waals surface area (Å²) in [7, 11) is 0. The van der Waals surface area contributed by atoms with Gasteiger partial charge in [-0.2, -0.15) is 0 Å². The first-order valence-corrected chi connectivity index (χ1v) is 16.2. The number of hydrogen-bond acceptors (Lipinski definition) is 5. The van der Waals surface area contributed by atoms with E-state index >= 15 is 0 Å². The average Bonchev–Trinajstić information content (AvgIpc) is 3.81. The molecule has 0 bridgehead atoms. The van der Waals surface area contributed by atoms with E-state index in [9.17, 15) is 0 Å². The topological polar surface area (TPSA) is 65.0 Å². The van der Waals surface area contributed by atoms with Crippen molar-refractivity contribution in [3.8, 4) is 56.4 Å². The molecule has 7 aromatic carbocycles. The summed E-state index contributed by atoms with van der Waals surface area (Å²) in [5.41, 5.74) is 6.64. The van der Waals surface area contributed by atoms with E-state index in [1.54, 1.807) is 0 Å². The first-order valence-electron chi connectivity index (χ1n) is 18.7. The Morgan fingerprint density at radius 2 is 1.00 bits per heavy atom. The molecule has 234 valence electrons. The van der Waals surface area contributed by atoms with Gasteiger partial charge in [0.15, 0.2) is 17.5 Å². The molecule has 5 heteroatoms. The van der Waals surface area contributed by atoms with Crippen LogP contribution in [-0.4, -0.2) is 15.0 Å². The second-order valence-corrected chi connectivity index (χ2v) is 12.0. The van der Waals surface area contributed by atoms with Crippen molar-refractivity contribution in [1.29, 1.82) is 0 Å². The maximum Gasteiger partial charge on any atom is 0.167 e. The van der Waals surface area contributed by atoms with Crippen molar-refractivity contribution in [2.75, 3.05) is 0 Å². The lowest BCUT2D eigenvalue weighted by molar-refractivity contribution is 0.669. The Morgan fingerprint density at radius 3 is 1.82 bits per heavy atom. The molecule has 0 unspecified atom stereocenters. The molecule has 3 heterocycles. The Bertz CT molecular complexity index is 3130. The van der Waals surface area contributed by atoms with Crippen LogP contribution in [-0.2, 0) is 0 Å². The van der Waals surface area contributed by atoms with E-state index in [1.165, 1.54) is 0 Å². The quantitative estimate of drug-likeness (QED) is 0.186. The SMILES string of the molecule is [2H]c1c([2H])c([2H])c(-c2cc(-c3ccccc3)cc3c2oc2cccc(-c4nc(-c5ccccc5)nc(-c5cccc6c5oc5ccccc56)n4)c23)c([2H])c1[2H]. The molecule has 5 nitrogen and oxygen atoms in total. The van der Waals surface area contributed by atoms with Crippen molar-refractivity contribution < 1.29 is 15.7 Å². The van der Waals surface area contributed by atoms with E-state index in [4.69, 9.17) is 30.6 Å². The van der Waals surface area contributed by atoms with Crippen molar-refractivity contribution in [2.24, 2.45) is 0 Å². The highest BCUT2D eigenvalue weighted by Gasteiger charge is 2.22. The van der Waals surface area contributed by atoms with Crippen LogP contribution in [0.15, 0.2) is 173 Å². The number of fused-ring (bicyclic) bond motifs is 6. The third-order valence-corrected chi connectivity index (χ3v) is 9.03. The van der Waals surface area contributed by atoms with Gasteiger partial charge in [-0.1, -0.05) is 133 Å². The molecule has 50 heavy (non-hydrogen) atoms. The number of hydrogen-bond donors (Lipinski definition) is 0. The minimum Gasteiger partial charge on any atom is -0.455 e. The first kappa shape index (κ1) is 23.5. The van der Waals surface area contributed by atoms with Crippen LogP contribution in [0.5, 0.6) is 0 Å². The van der Waals surface area contributed by atoms with Crippen LogP contribution in [0.25, 0.3) is 100 Å². The Morgan fingerprint density at radius 1 is 0.400 bits per heavy atom. The molecule has 0 amide bonds. The molecular weight excluding hydrogens is 615 g/mol. The summed E-state index contributed by atoms with van der Waals surface area (Å²) in [5.74, 6) is 1.31. The molecule has 0 saturated heterocycles. The normalized spacial score (nSPS) is 13.0. The number of benzene rings is 7. The molecule has 0 spiro atoms. The molecule has 0 aliphatic carbocycles. The molecule has 0 atom stereocenters. The highest BCUT2D eigenvalue weighted by atomic mass is 16.3. The minimum atomic E-state index is -0.459. The van der Waals surface area contributed by atoms with Crippen molar-refractivity contribution in [3.05, 3.63) is 164 Å². The van der Waals surface area contributed by atoms with Crippen molar-refractivity contribution in [2.45, 2.75) is 0 Å². The first-order chi connectivity index (χ1) is 26.9. The Kier molecular flexibility index (Phi) is 5.35. The predicted octanol–water partition coefficient (Wildman–Crippen LogP) is 12.0. The molecule has 10 aromatic rings. The number of rotatable bonds is 5. The van der Waals surface area contributed by atoms with Crippen LogP contribution in [0.3, 0.4) is 0 Å². The van der Waals surface area contributed by atoms with Gasteiger partial charge in [-0.3, -0.25) is 0 Å². The summed E-state index contributed by atoms with van der Waals surface area (Å²) in [6, 6.07) is 40.9. The number of para-hydroxylation sites is 2. The van der Waals surface area contributed by atoms with Crippen LogP contribution in [0.1, 0.15) is 6.85 Å². The van der Waals surface area contributed by atoms with Gasteiger partial charge in [-0.25, -0.2) is 15.0 Å². The second-order valence-electron chi connectivity index (χ2n) is 12.0. The van der Waals surface area contributed by atoms with E-state index in [2.05, 4.69) is 0 Å². The monoisotopic (exact) mass is 646 g/mol. The van der Waals surface area contributed by atoms with Gasteiger partial charge < -0.3 is 8.83 Å². The summed E-state index contributed by atoms with van der Waals surface area (Å²) in [6.07, 6.45) is 0. The summed E-state index contributed by atoms with van der Waals surface area (Å²) in [5, 5.41) is 3.34.